The number of amides is 1. The number of nitrogens with zero attached hydrogens (tertiary/aromatic N) is 3. The van der Waals surface area contributed by atoms with Gasteiger partial charge in [-0.1, -0.05) is 43.7 Å². The lowest BCUT2D eigenvalue weighted by atomic mass is 9.82. The Hall–Kier alpha value is -2.43. The van der Waals surface area contributed by atoms with Gasteiger partial charge in [-0.25, -0.2) is 4.68 Å². The average Bonchev–Trinajstić information content (AvgIpc) is 2.83. The smallest absolute Gasteiger partial charge is 0.266 e. The summed E-state index contributed by atoms with van der Waals surface area (Å²) in [5.74, 6) is 1.08. The quantitative estimate of drug-likeness (QED) is 0.651. The van der Waals surface area contributed by atoms with Gasteiger partial charge in [0.2, 0.25) is 5.91 Å². The maximum Gasteiger partial charge on any atom is 0.266 e. The van der Waals surface area contributed by atoms with Crippen molar-refractivity contribution in [3.05, 3.63) is 63.6 Å². The normalized spacial score (nSPS) is 22.9. The van der Waals surface area contributed by atoms with Crippen LogP contribution in [0.15, 0.2) is 41.2 Å². The van der Waals surface area contributed by atoms with E-state index >= 15 is 0 Å². The van der Waals surface area contributed by atoms with Crippen LogP contribution in [0.5, 0.6) is 0 Å². The van der Waals surface area contributed by atoms with Gasteiger partial charge in [-0.15, -0.1) is 0 Å². The predicted molar refractivity (Wildman–Crippen MR) is 128 cm³/mol. The molecule has 1 aromatic heterocycles. The first-order chi connectivity index (χ1) is 15.5. The average molecular weight is 436 g/mol. The molecule has 2 aliphatic carbocycles. The lowest BCUT2D eigenvalue weighted by Crippen LogP contribution is -2.47. The predicted octanol–water partition coefficient (Wildman–Crippen LogP) is 4.32. The number of hydrogen-bond acceptors (Lipinski definition) is 3. The molecule has 0 spiro atoms. The summed E-state index contributed by atoms with van der Waals surface area (Å²) in [5.41, 5.74) is 3.20. The topological polar surface area (TPSA) is 55.2 Å². The van der Waals surface area contributed by atoms with E-state index < -0.39 is 0 Å². The molecule has 5 heteroatoms. The van der Waals surface area contributed by atoms with E-state index in [0.29, 0.717) is 18.4 Å². The molecule has 2 aliphatic rings. The first kappa shape index (κ1) is 22.8. The molecular weight excluding hydrogens is 398 g/mol. The molecule has 0 saturated heterocycles. The molecule has 1 amide bonds. The van der Waals surface area contributed by atoms with E-state index in [1.54, 1.807) is 13.1 Å². The van der Waals surface area contributed by atoms with Crippen molar-refractivity contribution in [2.75, 3.05) is 6.54 Å². The standard InChI is InChI=1S/C27H37N3O2/c1-3-20-11-14-24(15-12-20)30(17-7-10-21-8-5-4-6-9-21)27(32)22-13-16-25-23(18-22)19-26(31)29(2)28-25/h4-6,8-9,19-20,22,24H,3,7,10-18H2,1-2H3. The monoisotopic (exact) mass is 435 g/mol. The van der Waals surface area contributed by atoms with Gasteiger partial charge in [0, 0.05) is 31.6 Å². The zero-order chi connectivity index (χ0) is 22.5. The summed E-state index contributed by atoms with van der Waals surface area (Å²) in [7, 11) is 1.70. The van der Waals surface area contributed by atoms with E-state index in [1.165, 1.54) is 29.5 Å². The fourth-order valence-corrected chi connectivity index (χ4v) is 5.57. The molecule has 4 rings (SSSR count). The van der Waals surface area contributed by atoms with Crippen molar-refractivity contribution in [1.82, 2.24) is 14.7 Å². The van der Waals surface area contributed by atoms with E-state index in [2.05, 4.69) is 47.3 Å². The lowest BCUT2D eigenvalue weighted by molar-refractivity contribution is -0.139. The van der Waals surface area contributed by atoms with E-state index in [0.717, 1.165) is 62.2 Å². The van der Waals surface area contributed by atoms with Crippen LogP contribution >= 0.6 is 0 Å². The zero-order valence-electron chi connectivity index (χ0n) is 19.6. The SMILES string of the molecule is CCC1CCC(N(CCCc2ccccc2)C(=O)C2CCc3nn(C)c(=O)cc3C2)CC1. The van der Waals surface area contributed by atoms with Crippen molar-refractivity contribution in [3.63, 3.8) is 0 Å². The summed E-state index contributed by atoms with van der Waals surface area (Å²) < 4.78 is 1.41. The van der Waals surface area contributed by atoms with E-state index in [1.807, 2.05) is 0 Å². The highest BCUT2D eigenvalue weighted by Gasteiger charge is 2.34. The Bertz CT molecular complexity index is 961. The minimum absolute atomic E-state index is 0.0305. The highest BCUT2D eigenvalue weighted by Crippen LogP contribution is 2.32. The third-order valence-electron chi connectivity index (χ3n) is 7.63. The van der Waals surface area contributed by atoms with Crippen LogP contribution in [0.2, 0.25) is 0 Å². The summed E-state index contributed by atoms with van der Waals surface area (Å²) in [4.78, 5) is 28.1. The Morgan fingerprint density at radius 3 is 2.59 bits per heavy atom. The third-order valence-corrected chi connectivity index (χ3v) is 7.63. The third kappa shape index (κ3) is 5.31. The highest BCUT2D eigenvalue weighted by atomic mass is 16.2. The molecule has 0 aliphatic heterocycles. The Morgan fingerprint density at radius 2 is 1.88 bits per heavy atom. The highest BCUT2D eigenvalue weighted by molar-refractivity contribution is 5.80. The number of carbonyl (C=O) groups is 1. The molecule has 0 bridgehead atoms. The molecule has 2 aromatic rings. The van der Waals surface area contributed by atoms with Crippen LogP contribution in [0, 0.1) is 11.8 Å². The summed E-state index contributed by atoms with van der Waals surface area (Å²) in [6.45, 7) is 3.11. The second kappa shape index (κ2) is 10.5. The second-order valence-corrected chi connectivity index (χ2v) is 9.72. The zero-order valence-corrected chi connectivity index (χ0v) is 19.6. The van der Waals surface area contributed by atoms with Gasteiger partial charge in [-0.3, -0.25) is 9.59 Å². The number of benzene rings is 1. The maximum atomic E-state index is 13.8. The van der Waals surface area contributed by atoms with E-state index in [4.69, 9.17) is 0 Å². The molecule has 0 N–H and O–H groups in total. The van der Waals surface area contributed by atoms with Gasteiger partial charge in [0.05, 0.1) is 5.69 Å². The molecule has 32 heavy (non-hydrogen) atoms. The minimum Gasteiger partial charge on any atom is -0.339 e. The molecule has 1 fully saturated rings. The largest absolute Gasteiger partial charge is 0.339 e. The molecule has 1 saturated carbocycles. The molecule has 1 unspecified atom stereocenters. The summed E-state index contributed by atoms with van der Waals surface area (Å²) in [5, 5.41) is 4.42. The molecular formula is C27H37N3O2. The van der Waals surface area contributed by atoms with E-state index in [9.17, 15) is 9.59 Å². The Morgan fingerprint density at radius 1 is 1.12 bits per heavy atom. The van der Waals surface area contributed by atoms with Crippen molar-refractivity contribution < 1.29 is 4.79 Å². The molecule has 5 nitrogen and oxygen atoms in total. The Kier molecular flexibility index (Phi) is 7.44. The summed E-state index contributed by atoms with van der Waals surface area (Å²) in [6.07, 6.45) is 10.2. The fraction of sp³-hybridized carbons (Fsp3) is 0.593. The van der Waals surface area contributed by atoms with Crippen molar-refractivity contribution >= 4 is 5.91 Å². The van der Waals surface area contributed by atoms with Crippen molar-refractivity contribution in [2.24, 2.45) is 18.9 Å². The van der Waals surface area contributed by atoms with Gasteiger partial charge in [0.25, 0.3) is 5.56 Å². The van der Waals surface area contributed by atoms with Gasteiger partial charge in [-0.05, 0) is 74.8 Å². The van der Waals surface area contributed by atoms with Crippen LogP contribution in [-0.4, -0.2) is 33.2 Å². The van der Waals surface area contributed by atoms with Gasteiger partial charge >= 0.3 is 0 Å². The number of hydrogen-bond donors (Lipinski definition) is 0. The van der Waals surface area contributed by atoms with Crippen LogP contribution in [0.1, 0.15) is 68.7 Å². The lowest BCUT2D eigenvalue weighted by Gasteiger charge is -2.39. The molecule has 1 atom stereocenters. The van der Waals surface area contributed by atoms with Crippen LogP contribution in [-0.2, 0) is 31.1 Å². The summed E-state index contributed by atoms with van der Waals surface area (Å²) >= 11 is 0. The van der Waals surface area contributed by atoms with Crippen molar-refractivity contribution in [3.8, 4) is 0 Å². The minimum atomic E-state index is -0.0885. The molecule has 1 heterocycles. The number of fused-ring (bicyclic) bond motifs is 1. The van der Waals surface area contributed by atoms with Gasteiger partial charge < -0.3 is 4.90 Å². The van der Waals surface area contributed by atoms with Crippen LogP contribution in [0.25, 0.3) is 0 Å². The number of carbonyl (C=O) groups excluding carboxylic acids is 1. The second-order valence-electron chi connectivity index (χ2n) is 9.72. The molecule has 0 radical (unpaired) electrons. The molecule has 1 aromatic carbocycles. The van der Waals surface area contributed by atoms with Crippen LogP contribution < -0.4 is 5.56 Å². The van der Waals surface area contributed by atoms with Crippen molar-refractivity contribution in [1.29, 1.82) is 0 Å². The Balaban J connectivity index is 1.46. The number of aryl methyl sites for hydroxylation is 3. The molecule has 172 valence electrons. The first-order valence-electron chi connectivity index (χ1n) is 12.5. The number of rotatable bonds is 7. The first-order valence-corrected chi connectivity index (χ1v) is 12.5. The van der Waals surface area contributed by atoms with Crippen LogP contribution in [0.3, 0.4) is 0 Å². The Labute approximate surface area is 191 Å². The maximum absolute atomic E-state index is 13.8. The van der Waals surface area contributed by atoms with Gasteiger partial charge in [0.15, 0.2) is 0 Å². The van der Waals surface area contributed by atoms with Gasteiger partial charge in [-0.2, -0.15) is 5.10 Å². The number of aromatic nitrogens is 2. The fourth-order valence-electron chi connectivity index (χ4n) is 5.57. The van der Waals surface area contributed by atoms with E-state index in [-0.39, 0.29) is 11.5 Å². The van der Waals surface area contributed by atoms with Crippen molar-refractivity contribution in [2.45, 2.75) is 77.2 Å². The summed E-state index contributed by atoms with van der Waals surface area (Å²) in [6, 6.07) is 12.6. The van der Waals surface area contributed by atoms with Gasteiger partial charge in [0.1, 0.15) is 0 Å². The van der Waals surface area contributed by atoms with Crippen LogP contribution in [0.4, 0.5) is 0 Å².